The van der Waals surface area contributed by atoms with Gasteiger partial charge in [-0.3, -0.25) is 4.79 Å². The van der Waals surface area contributed by atoms with Gasteiger partial charge in [-0.25, -0.2) is 0 Å². The van der Waals surface area contributed by atoms with Gasteiger partial charge < -0.3 is 10.6 Å². The maximum absolute atomic E-state index is 12.4. The minimum atomic E-state index is -0.254. The normalized spacial score (nSPS) is 21.6. The van der Waals surface area contributed by atoms with Crippen molar-refractivity contribution in [2.24, 2.45) is 11.3 Å². The Morgan fingerprint density at radius 1 is 1.41 bits per heavy atom. The number of nitrogens with one attached hydrogen (secondary N) is 2. The Bertz CT molecular complexity index is 241. The highest BCUT2D eigenvalue weighted by Crippen LogP contribution is 2.32. The summed E-state index contributed by atoms with van der Waals surface area (Å²) in [5.74, 6) is 0.686. The minimum absolute atomic E-state index is 0.222. The molecule has 3 heteroatoms. The monoisotopic (exact) mass is 240 g/mol. The van der Waals surface area contributed by atoms with Crippen LogP contribution in [0.25, 0.3) is 0 Å². The number of hydrogen-bond acceptors (Lipinski definition) is 2. The molecule has 17 heavy (non-hydrogen) atoms. The summed E-state index contributed by atoms with van der Waals surface area (Å²) < 4.78 is 0. The van der Waals surface area contributed by atoms with Gasteiger partial charge >= 0.3 is 0 Å². The molecule has 1 rings (SSSR count). The molecule has 1 saturated heterocycles. The Morgan fingerprint density at radius 3 is 2.53 bits per heavy atom. The lowest BCUT2D eigenvalue weighted by molar-refractivity contribution is -0.133. The Kier molecular flexibility index (Phi) is 5.44. The molecule has 1 unspecified atom stereocenters. The van der Waals surface area contributed by atoms with Crippen molar-refractivity contribution in [1.82, 2.24) is 10.6 Å². The molecule has 2 N–H and O–H groups in total. The number of rotatable bonds is 5. The Morgan fingerprint density at radius 2 is 2.06 bits per heavy atom. The molecule has 0 saturated carbocycles. The van der Waals surface area contributed by atoms with Crippen molar-refractivity contribution in [1.29, 1.82) is 0 Å². The summed E-state index contributed by atoms with van der Waals surface area (Å²) in [6.07, 6.45) is 4.38. The van der Waals surface area contributed by atoms with E-state index in [1.165, 1.54) is 6.42 Å². The van der Waals surface area contributed by atoms with Crippen LogP contribution < -0.4 is 10.6 Å². The van der Waals surface area contributed by atoms with Crippen LogP contribution in [0.2, 0.25) is 0 Å². The Labute approximate surface area is 106 Å². The summed E-state index contributed by atoms with van der Waals surface area (Å²) in [5, 5.41) is 6.58. The molecule has 0 spiro atoms. The van der Waals surface area contributed by atoms with Gasteiger partial charge in [-0.2, -0.15) is 0 Å². The van der Waals surface area contributed by atoms with Crippen molar-refractivity contribution >= 4 is 5.91 Å². The molecule has 0 aromatic heterocycles. The van der Waals surface area contributed by atoms with Crippen molar-refractivity contribution in [3.63, 3.8) is 0 Å². The van der Waals surface area contributed by atoms with Crippen LogP contribution in [0, 0.1) is 11.3 Å². The molecule has 0 aromatic rings. The van der Waals surface area contributed by atoms with E-state index in [4.69, 9.17) is 0 Å². The van der Waals surface area contributed by atoms with E-state index in [1.54, 1.807) is 0 Å². The van der Waals surface area contributed by atoms with E-state index in [-0.39, 0.29) is 11.3 Å². The van der Waals surface area contributed by atoms with Crippen LogP contribution in [0.4, 0.5) is 0 Å². The Balaban J connectivity index is 2.58. The first kappa shape index (κ1) is 14.5. The first-order valence-corrected chi connectivity index (χ1v) is 7.04. The van der Waals surface area contributed by atoms with Crippen LogP contribution in [0.15, 0.2) is 0 Å². The van der Waals surface area contributed by atoms with Crippen LogP contribution in [-0.2, 0) is 4.79 Å². The molecule has 100 valence electrons. The van der Waals surface area contributed by atoms with Crippen LogP contribution in [0.5, 0.6) is 0 Å². The van der Waals surface area contributed by atoms with E-state index in [0.717, 1.165) is 32.4 Å². The number of piperidine rings is 1. The van der Waals surface area contributed by atoms with E-state index in [2.05, 4.69) is 38.3 Å². The highest BCUT2D eigenvalue weighted by Gasteiger charge is 2.37. The SMILES string of the molecule is CCC(CC)NC(=O)C(C)(C)C1CCCNC1. The second-order valence-electron chi connectivity index (χ2n) is 5.75. The maximum atomic E-state index is 12.4. The predicted octanol–water partition coefficient (Wildman–Crippen LogP) is 2.32. The van der Waals surface area contributed by atoms with E-state index in [9.17, 15) is 4.79 Å². The second kappa shape index (κ2) is 6.39. The van der Waals surface area contributed by atoms with Crippen molar-refractivity contribution < 1.29 is 4.79 Å². The number of carbonyl (C=O) groups excluding carboxylic acids is 1. The fourth-order valence-electron chi connectivity index (χ4n) is 2.52. The quantitative estimate of drug-likeness (QED) is 0.774. The molecule has 0 aliphatic carbocycles. The van der Waals surface area contributed by atoms with Crippen LogP contribution in [0.1, 0.15) is 53.4 Å². The second-order valence-corrected chi connectivity index (χ2v) is 5.75. The smallest absolute Gasteiger partial charge is 0.226 e. The van der Waals surface area contributed by atoms with Gasteiger partial charge in [0, 0.05) is 11.5 Å². The predicted molar refractivity (Wildman–Crippen MR) is 71.9 cm³/mol. The molecule has 1 aliphatic rings. The van der Waals surface area contributed by atoms with Crippen molar-refractivity contribution in [3.05, 3.63) is 0 Å². The number of hydrogen-bond donors (Lipinski definition) is 2. The van der Waals surface area contributed by atoms with Gasteiger partial charge in [-0.15, -0.1) is 0 Å². The summed E-state index contributed by atoms with van der Waals surface area (Å²) in [6, 6.07) is 0.332. The molecule has 1 amide bonds. The third kappa shape index (κ3) is 3.70. The molecule has 1 aliphatic heterocycles. The number of carbonyl (C=O) groups is 1. The molecular formula is C14H28N2O. The van der Waals surface area contributed by atoms with E-state index in [0.29, 0.717) is 12.0 Å². The summed E-state index contributed by atoms with van der Waals surface area (Å²) >= 11 is 0. The highest BCUT2D eigenvalue weighted by atomic mass is 16.2. The third-order valence-corrected chi connectivity index (χ3v) is 4.22. The fourth-order valence-corrected chi connectivity index (χ4v) is 2.52. The minimum Gasteiger partial charge on any atom is -0.353 e. The summed E-state index contributed by atoms with van der Waals surface area (Å²) in [6.45, 7) is 10.5. The lowest BCUT2D eigenvalue weighted by Crippen LogP contribution is -2.49. The van der Waals surface area contributed by atoms with Gasteiger partial charge in [0.05, 0.1) is 0 Å². The largest absolute Gasteiger partial charge is 0.353 e. The summed E-state index contributed by atoms with van der Waals surface area (Å²) in [5.41, 5.74) is -0.254. The average molecular weight is 240 g/mol. The lowest BCUT2D eigenvalue weighted by atomic mass is 9.74. The highest BCUT2D eigenvalue weighted by molar-refractivity contribution is 5.82. The van der Waals surface area contributed by atoms with E-state index >= 15 is 0 Å². The number of amides is 1. The van der Waals surface area contributed by atoms with Crippen molar-refractivity contribution in [2.75, 3.05) is 13.1 Å². The first-order chi connectivity index (χ1) is 8.02. The van der Waals surface area contributed by atoms with Crippen LogP contribution in [0.3, 0.4) is 0 Å². The first-order valence-electron chi connectivity index (χ1n) is 7.04. The molecular weight excluding hydrogens is 212 g/mol. The van der Waals surface area contributed by atoms with Crippen molar-refractivity contribution in [3.8, 4) is 0 Å². The Hall–Kier alpha value is -0.570. The molecule has 1 heterocycles. The maximum Gasteiger partial charge on any atom is 0.226 e. The van der Waals surface area contributed by atoms with Gasteiger partial charge in [-0.1, -0.05) is 27.7 Å². The van der Waals surface area contributed by atoms with E-state index < -0.39 is 0 Å². The molecule has 0 radical (unpaired) electrons. The molecule has 3 nitrogen and oxygen atoms in total. The third-order valence-electron chi connectivity index (χ3n) is 4.22. The van der Waals surface area contributed by atoms with Crippen LogP contribution in [-0.4, -0.2) is 25.0 Å². The zero-order valence-electron chi connectivity index (χ0n) is 11.8. The zero-order chi connectivity index (χ0) is 12.9. The molecule has 1 fully saturated rings. The van der Waals surface area contributed by atoms with Gasteiger partial charge in [0.15, 0.2) is 0 Å². The van der Waals surface area contributed by atoms with Crippen molar-refractivity contribution in [2.45, 2.75) is 59.4 Å². The summed E-state index contributed by atoms with van der Waals surface area (Å²) in [4.78, 5) is 12.4. The molecule has 1 atom stereocenters. The average Bonchev–Trinajstić information content (AvgIpc) is 2.36. The van der Waals surface area contributed by atoms with Crippen LogP contribution >= 0.6 is 0 Å². The molecule has 0 aromatic carbocycles. The van der Waals surface area contributed by atoms with Gasteiger partial charge in [-0.05, 0) is 44.7 Å². The lowest BCUT2D eigenvalue weighted by Gasteiger charge is -2.37. The summed E-state index contributed by atoms with van der Waals surface area (Å²) in [7, 11) is 0. The topological polar surface area (TPSA) is 41.1 Å². The fraction of sp³-hybridized carbons (Fsp3) is 0.929. The van der Waals surface area contributed by atoms with Gasteiger partial charge in [0.1, 0.15) is 0 Å². The zero-order valence-corrected chi connectivity index (χ0v) is 11.8. The van der Waals surface area contributed by atoms with Gasteiger partial charge in [0.2, 0.25) is 5.91 Å². The van der Waals surface area contributed by atoms with Gasteiger partial charge in [0.25, 0.3) is 0 Å². The van der Waals surface area contributed by atoms with E-state index in [1.807, 2.05) is 0 Å². The molecule has 0 bridgehead atoms. The standard InChI is InChI=1S/C14H28N2O/c1-5-12(6-2)16-13(17)14(3,4)11-8-7-9-15-10-11/h11-12,15H,5-10H2,1-4H3,(H,16,17).